The molecule has 1 fully saturated rings. The van der Waals surface area contributed by atoms with Crippen LogP contribution in [-0.4, -0.2) is 81.0 Å². The van der Waals surface area contributed by atoms with Crippen molar-refractivity contribution in [1.82, 2.24) is 20.6 Å². The molecule has 1 saturated carbocycles. The predicted octanol–water partition coefficient (Wildman–Crippen LogP) is 2.06. The van der Waals surface area contributed by atoms with Crippen molar-refractivity contribution in [3.8, 4) is 11.1 Å². The fourth-order valence-corrected chi connectivity index (χ4v) is 6.85. The van der Waals surface area contributed by atoms with E-state index in [4.69, 9.17) is 9.47 Å². The van der Waals surface area contributed by atoms with Crippen molar-refractivity contribution in [2.45, 2.75) is 22.7 Å². The van der Waals surface area contributed by atoms with E-state index in [1.165, 1.54) is 25.4 Å². The van der Waals surface area contributed by atoms with Crippen LogP contribution in [0, 0.1) is 5.82 Å². The van der Waals surface area contributed by atoms with Crippen LogP contribution in [0.1, 0.15) is 21.7 Å². The molecule has 3 N–H and O–H groups in total. The summed E-state index contributed by atoms with van der Waals surface area (Å²) in [5.41, 5.74) is 0.772. The van der Waals surface area contributed by atoms with Gasteiger partial charge in [-0.25, -0.2) is 4.79 Å². The number of benzene rings is 1. The van der Waals surface area contributed by atoms with Crippen molar-refractivity contribution in [2.24, 2.45) is 0 Å². The summed E-state index contributed by atoms with van der Waals surface area (Å²) < 4.78 is 47.6. The van der Waals surface area contributed by atoms with Crippen LogP contribution in [0.2, 0.25) is 0 Å². The number of aromatic nitrogens is 2. The van der Waals surface area contributed by atoms with Gasteiger partial charge in [-0.2, -0.15) is 0 Å². The molecular formula is C23H23FN5O7SSb. The van der Waals surface area contributed by atoms with Gasteiger partial charge in [-0.1, -0.05) is 0 Å². The summed E-state index contributed by atoms with van der Waals surface area (Å²) in [6.45, 7) is -0.0209. The molecule has 1 atom stereocenters. The first-order valence-corrected chi connectivity index (χ1v) is 15.8. The molecule has 1 aliphatic carbocycles. The maximum atomic E-state index is 14.9. The monoisotopic (exact) mass is 653 g/mol. The Morgan fingerprint density at radius 2 is 2.00 bits per heavy atom. The molecule has 2 aromatic heterocycles. The van der Waals surface area contributed by atoms with Crippen LogP contribution in [0.4, 0.5) is 15.0 Å². The quantitative estimate of drug-likeness (QED) is 0.207. The molecule has 12 nitrogen and oxygen atoms in total. The third kappa shape index (κ3) is 7.21. The number of pyridine rings is 1. The van der Waals surface area contributed by atoms with E-state index in [-0.39, 0.29) is 47.7 Å². The fourth-order valence-electron chi connectivity index (χ4n) is 3.36. The molecule has 1 aromatic carbocycles. The molecule has 0 spiro atoms. The van der Waals surface area contributed by atoms with Crippen molar-refractivity contribution in [1.29, 1.82) is 0 Å². The molecular weight excluding hydrogens is 631 g/mol. The van der Waals surface area contributed by atoms with Crippen LogP contribution in [0.15, 0.2) is 30.5 Å². The van der Waals surface area contributed by atoms with Gasteiger partial charge in [0.05, 0.1) is 6.61 Å². The number of amides is 3. The molecule has 3 amide bonds. The third-order valence-corrected chi connectivity index (χ3v) is 9.55. The number of hydrogen-bond acceptors (Lipinski definition) is 10. The van der Waals surface area contributed by atoms with Gasteiger partial charge in [0, 0.05) is 7.11 Å². The number of ether oxygens (including phenoxy) is 2. The number of fused-ring (bicyclic) bond motifs is 1. The van der Waals surface area contributed by atoms with Crippen LogP contribution in [0.5, 0.6) is 0 Å². The van der Waals surface area contributed by atoms with Gasteiger partial charge in [0.25, 0.3) is 0 Å². The van der Waals surface area contributed by atoms with Crippen LogP contribution >= 0.6 is 11.3 Å². The molecule has 200 valence electrons. The van der Waals surface area contributed by atoms with Gasteiger partial charge in [-0.15, -0.1) is 0 Å². The summed E-state index contributed by atoms with van der Waals surface area (Å²) in [6.07, 6.45) is 2.41. The molecule has 3 aromatic rings. The number of nitrogens with zero attached hydrogens (tertiary/aromatic N) is 2. The van der Waals surface area contributed by atoms with Gasteiger partial charge in [0.2, 0.25) is 0 Å². The Hall–Kier alpha value is -3.22. The Balaban J connectivity index is 1.49. The number of thiazole rings is 1. The fraction of sp³-hybridized carbons (Fsp3) is 0.348. The Bertz CT molecular complexity index is 1420. The van der Waals surface area contributed by atoms with E-state index < -0.39 is 47.8 Å². The van der Waals surface area contributed by atoms with Crippen molar-refractivity contribution in [3.05, 3.63) is 41.3 Å². The van der Waals surface area contributed by atoms with E-state index in [2.05, 4.69) is 25.9 Å². The van der Waals surface area contributed by atoms with E-state index in [9.17, 15) is 24.8 Å². The molecule has 0 radical (unpaired) electrons. The zero-order valence-corrected chi connectivity index (χ0v) is 23.4. The van der Waals surface area contributed by atoms with Gasteiger partial charge in [-0.3, -0.25) is 0 Å². The second-order valence-corrected chi connectivity index (χ2v) is 12.5. The van der Waals surface area contributed by atoms with Gasteiger partial charge in [0.15, 0.2) is 0 Å². The predicted molar refractivity (Wildman–Crippen MR) is 134 cm³/mol. The summed E-state index contributed by atoms with van der Waals surface area (Å²) in [7, 11) is 1.48. The summed E-state index contributed by atoms with van der Waals surface area (Å²) in [6, 6.07) is 5.77. The van der Waals surface area contributed by atoms with Gasteiger partial charge >= 0.3 is 193 Å². The number of hydrogen-bond donors (Lipinski definition) is 3. The summed E-state index contributed by atoms with van der Waals surface area (Å²) in [5, 5.41) is 7.51. The number of methoxy groups -OCH3 is 1. The van der Waals surface area contributed by atoms with Crippen molar-refractivity contribution >= 4 is 65.5 Å². The first-order chi connectivity index (χ1) is 18.2. The zero-order valence-electron chi connectivity index (χ0n) is 20.1. The first-order valence-electron chi connectivity index (χ1n) is 11.4. The standard InChI is InChI=1S/C23H23FN5O5S.2O.Sb/c1-33-6-7-34-23(32)29-19-5-2-13(11-25-19)15-8-18-17(9-16(15)24)28-22(35-18)10-20(30)26-12-21(31)27-14-3-4-14;;;/h2,5,8-11,14H,3-4,6-7,12H2,1H3,(H,26,30)(H,27,31)(H,25,29,32);;;. The Kier molecular flexibility index (Phi) is 9.18. The average molecular weight is 654 g/mol. The van der Waals surface area contributed by atoms with Crippen LogP contribution in [0.25, 0.3) is 21.3 Å². The van der Waals surface area contributed by atoms with Gasteiger partial charge in [0.1, 0.15) is 6.61 Å². The molecule has 1 unspecified atom stereocenters. The first kappa shape index (κ1) is 27.8. The molecule has 0 saturated heterocycles. The number of rotatable bonds is 11. The second-order valence-electron chi connectivity index (χ2n) is 8.29. The second kappa shape index (κ2) is 12.5. The number of halogens is 1. The number of nitrogens with one attached hydrogen (secondary N) is 3. The van der Waals surface area contributed by atoms with Crippen LogP contribution < -0.4 is 16.0 Å². The van der Waals surface area contributed by atoms with E-state index >= 15 is 0 Å². The Labute approximate surface area is 227 Å². The van der Waals surface area contributed by atoms with Gasteiger partial charge < -0.3 is 9.47 Å². The summed E-state index contributed by atoms with van der Waals surface area (Å²) in [5.74, 6) is -1.66. The average Bonchev–Trinajstić information content (AvgIpc) is 3.60. The van der Waals surface area contributed by atoms with E-state index in [1.807, 2.05) is 0 Å². The third-order valence-electron chi connectivity index (χ3n) is 5.38. The summed E-state index contributed by atoms with van der Waals surface area (Å²) in [4.78, 5) is 44.5. The van der Waals surface area contributed by atoms with E-state index in [0.717, 1.165) is 30.2 Å². The molecule has 0 aliphatic heterocycles. The molecule has 2 heterocycles. The van der Waals surface area contributed by atoms with Crippen molar-refractivity contribution < 1.29 is 34.3 Å². The Morgan fingerprint density at radius 1 is 1.21 bits per heavy atom. The SMILES string of the molecule is COCCOC(=O)Nc1ccc(-c2cc3sc([CH](C(=O)NCC(=O)NC4CC4)[Sb](=[O])=[O])nc3cc2F)cn1. The Morgan fingerprint density at radius 3 is 2.66 bits per heavy atom. The molecule has 0 bridgehead atoms. The molecule has 38 heavy (non-hydrogen) atoms. The van der Waals surface area contributed by atoms with Crippen molar-refractivity contribution in [2.75, 3.05) is 32.2 Å². The van der Waals surface area contributed by atoms with Crippen molar-refractivity contribution in [3.63, 3.8) is 0 Å². The molecule has 1 aliphatic rings. The zero-order chi connectivity index (χ0) is 27.2. The number of anilines is 1. The van der Waals surface area contributed by atoms with E-state index in [0.29, 0.717) is 10.3 Å². The maximum absolute atomic E-state index is 14.9. The minimum absolute atomic E-state index is 0.00862. The van der Waals surface area contributed by atoms with Crippen LogP contribution in [0.3, 0.4) is 0 Å². The number of carbonyl (C=O) groups is 3. The van der Waals surface area contributed by atoms with Gasteiger partial charge in [-0.05, 0) is 0 Å². The molecule has 4 rings (SSSR count). The van der Waals surface area contributed by atoms with Crippen LogP contribution in [-0.2, 0) is 25.1 Å². The number of carbonyl (C=O) groups excluding carboxylic acids is 3. The normalized spacial score (nSPS) is 13.5. The molecule has 15 heteroatoms. The van der Waals surface area contributed by atoms with E-state index in [1.54, 1.807) is 6.07 Å². The summed E-state index contributed by atoms with van der Waals surface area (Å²) >= 11 is -3.59. The minimum atomic E-state index is -4.54. The topological polar surface area (TPSA) is 166 Å².